The topological polar surface area (TPSA) is 43.4 Å². The number of hydrogen-bond donors (Lipinski definition) is 0. The Morgan fingerprint density at radius 1 is 0.906 bits per heavy atom. The summed E-state index contributed by atoms with van der Waals surface area (Å²) in [5.41, 5.74) is 3.41. The molecule has 0 bridgehead atoms. The van der Waals surface area contributed by atoms with Crippen molar-refractivity contribution in [3.63, 3.8) is 0 Å². The van der Waals surface area contributed by atoms with Crippen LogP contribution in [-0.4, -0.2) is 17.2 Å². The van der Waals surface area contributed by atoms with E-state index in [1.54, 1.807) is 26.0 Å². The van der Waals surface area contributed by atoms with Crippen molar-refractivity contribution < 1.29 is 23.1 Å². The maximum Gasteiger partial charge on any atom is 0.209 e. The van der Waals surface area contributed by atoms with E-state index >= 15 is 0 Å². The third-order valence-electron chi connectivity index (χ3n) is 5.76. The first-order valence-electron chi connectivity index (χ1n) is 10.3. The van der Waals surface area contributed by atoms with Gasteiger partial charge >= 0.3 is 0 Å². The van der Waals surface area contributed by atoms with Crippen LogP contribution in [-0.2, 0) is 16.0 Å². The lowest BCUT2D eigenvalue weighted by atomic mass is 9.88. The highest BCUT2D eigenvalue weighted by Gasteiger charge is 2.38. The molecule has 32 heavy (non-hydrogen) atoms. The van der Waals surface area contributed by atoms with Gasteiger partial charge in [0.1, 0.15) is 11.6 Å². The predicted molar refractivity (Wildman–Crippen MR) is 119 cm³/mol. The summed E-state index contributed by atoms with van der Waals surface area (Å²) in [6.45, 7) is 5.43. The minimum atomic E-state index is -0.871. The molecule has 0 spiro atoms. The van der Waals surface area contributed by atoms with Crippen molar-refractivity contribution in [3.05, 3.63) is 101 Å². The van der Waals surface area contributed by atoms with Gasteiger partial charge in [-0.3, -0.25) is 9.59 Å². The molecule has 0 amide bonds. The molecule has 0 atom stereocenters. The Labute approximate surface area is 185 Å². The first-order valence-corrected chi connectivity index (χ1v) is 10.3. The van der Waals surface area contributed by atoms with E-state index in [0.717, 1.165) is 34.4 Å². The molecule has 3 aromatic rings. The second-order valence-electron chi connectivity index (χ2n) is 8.36. The van der Waals surface area contributed by atoms with Crippen LogP contribution in [0.1, 0.15) is 40.9 Å². The van der Waals surface area contributed by atoms with Gasteiger partial charge in [-0.15, -0.1) is 0 Å². The summed E-state index contributed by atoms with van der Waals surface area (Å²) in [5.74, 6) is -2.39. The van der Waals surface area contributed by atoms with Gasteiger partial charge in [0.15, 0.2) is 11.4 Å². The molecule has 4 rings (SSSR count). The lowest BCUT2D eigenvalue weighted by Gasteiger charge is -2.16. The molecular formula is C27H22F2O3. The number of benzene rings is 3. The molecule has 0 saturated carbocycles. The van der Waals surface area contributed by atoms with Crippen LogP contribution in [0.2, 0.25) is 0 Å². The van der Waals surface area contributed by atoms with Crippen LogP contribution in [0.5, 0.6) is 0 Å². The van der Waals surface area contributed by atoms with Gasteiger partial charge in [-0.05, 0) is 60.7 Å². The Balaban J connectivity index is 1.59. The van der Waals surface area contributed by atoms with Gasteiger partial charge < -0.3 is 4.74 Å². The highest BCUT2D eigenvalue weighted by atomic mass is 19.1. The molecule has 0 aliphatic carbocycles. The zero-order valence-corrected chi connectivity index (χ0v) is 18.0. The molecule has 1 aliphatic heterocycles. The quantitative estimate of drug-likeness (QED) is 0.459. The molecule has 0 fully saturated rings. The fraction of sp³-hybridized carbons (Fsp3) is 0.185. The first kappa shape index (κ1) is 21.6. The van der Waals surface area contributed by atoms with Crippen LogP contribution >= 0.6 is 0 Å². The normalized spacial score (nSPS) is 14.8. The minimum absolute atomic E-state index is 0.0630. The van der Waals surface area contributed by atoms with Crippen LogP contribution in [0.3, 0.4) is 0 Å². The van der Waals surface area contributed by atoms with Crippen LogP contribution in [0, 0.1) is 18.6 Å². The number of carbonyl (C=O) groups is 2. The standard InChI is InChI=1S/C27H22F2O3/c1-16-19(6-4-7-20(16)21-15-32-27(2,3)26(21)31)18-12-10-17(11-13-18)14-24(30)25-22(28)8-5-9-23(25)29/h4-13,15H,14H2,1-3H3. The average Bonchev–Trinajstić information content (AvgIpc) is 3.01. The minimum Gasteiger partial charge on any atom is -0.487 e. The van der Waals surface area contributed by atoms with E-state index in [2.05, 4.69) is 0 Å². The van der Waals surface area contributed by atoms with Crippen molar-refractivity contribution in [2.75, 3.05) is 0 Å². The highest BCUT2D eigenvalue weighted by Crippen LogP contribution is 2.35. The molecule has 162 valence electrons. The molecule has 0 aromatic heterocycles. The van der Waals surface area contributed by atoms with Crippen molar-refractivity contribution in [2.45, 2.75) is 32.8 Å². The average molecular weight is 432 g/mol. The van der Waals surface area contributed by atoms with Gasteiger partial charge in [-0.1, -0.05) is 48.5 Å². The van der Waals surface area contributed by atoms with E-state index in [-0.39, 0.29) is 12.2 Å². The van der Waals surface area contributed by atoms with Gasteiger partial charge in [-0.2, -0.15) is 0 Å². The third kappa shape index (κ3) is 3.86. The molecule has 3 aromatic carbocycles. The van der Waals surface area contributed by atoms with Gasteiger partial charge in [0.2, 0.25) is 5.78 Å². The third-order valence-corrected chi connectivity index (χ3v) is 5.76. The Bertz CT molecular complexity index is 1230. The van der Waals surface area contributed by atoms with Crippen molar-refractivity contribution >= 4 is 17.1 Å². The second kappa shape index (κ2) is 8.15. The molecular weight excluding hydrogens is 410 g/mol. The fourth-order valence-corrected chi connectivity index (χ4v) is 3.90. The first-order chi connectivity index (χ1) is 15.2. The molecule has 3 nitrogen and oxygen atoms in total. The van der Waals surface area contributed by atoms with Crippen molar-refractivity contribution in [1.29, 1.82) is 0 Å². The summed E-state index contributed by atoms with van der Waals surface area (Å²) < 4.78 is 33.3. The maximum absolute atomic E-state index is 13.9. The number of halogens is 2. The summed E-state index contributed by atoms with van der Waals surface area (Å²) in [4.78, 5) is 25.1. The van der Waals surface area contributed by atoms with E-state index < -0.39 is 28.6 Å². The number of ketones is 2. The van der Waals surface area contributed by atoms with Crippen LogP contribution in [0.15, 0.2) is 66.9 Å². The summed E-state index contributed by atoms with van der Waals surface area (Å²) in [6.07, 6.45) is 1.41. The zero-order chi connectivity index (χ0) is 23.0. The molecule has 1 aliphatic rings. The summed E-state index contributed by atoms with van der Waals surface area (Å²) in [5, 5.41) is 0. The van der Waals surface area contributed by atoms with E-state index in [1.807, 2.05) is 37.3 Å². The predicted octanol–water partition coefficient (Wildman–Crippen LogP) is 6.08. The molecule has 0 radical (unpaired) electrons. The lowest BCUT2D eigenvalue weighted by Crippen LogP contribution is -2.29. The van der Waals surface area contributed by atoms with Crippen LogP contribution in [0.4, 0.5) is 8.78 Å². The van der Waals surface area contributed by atoms with Gasteiger partial charge in [0.25, 0.3) is 0 Å². The fourth-order valence-electron chi connectivity index (χ4n) is 3.90. The van der Waals surface area contributed by atoms with E-state index in [9.17, 15) is 18.4 Å². The van der Waals surface area contributed by atoms with E-state index in [0.29, 0.717) is 11.1 Å². The number of ether oxygens (including phenoxy) is 1. The largest absolute Gasteiger partial charge is 0.487 e. The van der Waals surface area contributed by atoms with Crippen molar-refractivity contribution in [2.24, 2.45) is 0 Å². The zero-order valence-electron chi connectivity index (χ0n) is 18.0. The second-order valence-corrected chi connectivity index (χ2v) is 8.36. The van der Waals surface area contributed by atoms with Gasteiger partial charge in [0.05, 0.1) is 17.4 Å². The number of carbonyl (C=O) groups excluding carboxylic acids is 2. The number of hydrogen-bond acceptors (Lipinski definition) is 3. The van der Waals surface area contributed by atoms with Crippen LogP contribution in [0.25, 0.3) is 16.7 Å². The summed E-state index contributed by atoms with van der Waals surface area (Å²) in [6, 6.07) is 16.4. The smallest absolute Gasteiger partial charge is 0.209 e. The summed E-state index contributed by atoms with van der Waals surface area (Å²) >= 11 is 0. The molecule has 0 saturated heterocycles. The van der Waals surface area contributed by atoms with Crippen molar-refractivity contribution in [3.8, 4) is 11.1 Å². The summed E-state index contributed by atoms with van der Waals surface area (Å²) in [7, 11) is 0. The van der Waals surface area contributed by atoms with Gasteiger partial charge in [0, 0.05) is 6.42 Å². The monoisotopic (exact) mass is 432 g/mol. The Morgan fingerprint density at radius 3 is 2.09 bits per heavy atom. The Morgan fingerprint density at radius 2 is 1.50 bits per heavy atom. The van der Waals surface area contributed by atoms with Crippen molar-refractivity contribution in [1.82, 2.24) is 0 Å². The van der Waals surface area contributed by atoms with E-state index in [1.165, 1.54) is 12.3 Å². The molecule has 0 unspecified atom stereocenters. The highest BCUT2D eigenvalue weighted by molar-refractivity contribution is 6.26. The lowest BCUT2D eigenvalue weighted by molar-refractivity contribution is -0.125. The Hall–Kier alpha value is -3.60. The number of Topliss-reactive ketones (excluding diaryl/α,β-unsaturated/α-hetero) is 2. The molecule has 5 heteroatoms. The molecule has 0 N–H and O–H groups in total. The molecule has 1 heterocycles. The number of rotatable bonds is 5. The van der Waals surface area contributed by atoms with E-state index in [4.69, 9.17) is 4.74 Å². The maximum atomic E-state index is 13.9. The Kier molecular flexibility index (Phi) is 5.51. The van der Waals surface area contributed by atoms with Crippen LogP contribution < -0.4 is 0 Å². The SMILES string of the molecule is Cc1c(C2=COC(C)(C)C2=O)cccc1-c1ccc(CC(=O)c2c(F)cccc2F)cc1. The van der Waals surface area contributed by atoms with Gasteiger partial charge in [-0.25, -0.2) is 8.78 Å².